The summed E-state index contributed by atoms with van der Waals surface area (Å²) in [7, 11) is 1.62. The molecular formula is C19H21NO4. The Morgan fingerprint density at radius 2 is 2.08 bits per heavy atom. The molecule has 0 spiro atoms. The molecule has 0 aromatic heterocycles. The van der Waals surface area contributed by atoms with Gasteiger partial charge in [0.15, 0.2) is 0 Å². The van der Waals surface area contributed by atoms with Gasteiger partial charge in [-0.2, -0.15) is 0 Å². The fraction of sp³-hybridized carbons (Fsp3) is 0.368. The molecular weight excluding hydrogens is 306 g/mol. The molecule has 2 aromatic rings. The number of hydrogen-bond donors (Lipinski definition) is 1. The van der Waals surface area contributed by atoms with E-state index in [2.05, 4.69) is 0 Å². The maximum Gasteiger partial charge on any atom is 0.311 e. The Morgan fingerprint density at radius 1 is 1.29 bits per heavy atom. The number of benzene rings is 2. The first-order valence-corrected chi connectivity index (χ1v) is 8.00. The van der Waals surface area contributed by atoms with Crippen molar-refractivity contribution in [2.45, 2.75) is 19.8 Å². The lowest BCUT2D eigenvalue weighted by molar-refractivity contribution is -0.147. The summed E-state index contributed by atoms with van der Waals surface area (Å²) >= 11 is 0. The molecule has 3 rings (SSSR count). The summed E-state index contributed by atoms with van der Waals surface area (Å²) < 4.78 is 5.28. The average Bonchev–Trinajstić information content (AvgIpc) is 2.99. The number of methoxy groups -OCH3 is 1. The Hall–Kier alpha value is -2.56. The summed E-state index contributed by atoms with van der Waals surface area (Å²) in [6, 6.07) is 11.7. The number of aliphatic carboxylic acids is 1. The zero-order chi connectivity index (χ0) is 17.3. The Morgan fingerprint density at radius 3 is 2.75 bits per heavy atom. The summed E-state index contributed by atoms with van der Waals surface area (Å²) in [6.07, 6.45) is 0.762. The van der Waals surface area contributed by atoms with E-state index in [9.17, 15) is 14.7 Å². The molecule has 0 aliphatic carbocycles. The second-order valence-electron chi connectivity index (χ2n) is 6.61. The Bertz CT molecular complexity index is 801. The molecule has 1 heterocycles. The number of carbonyl (C=O) groups is 2. The average molecular weight is 327 g/mol. The number of hydrogen-bond acceptors (Lipinski definition) is 3. The number of amides is 1. The molecule has 5 heteroatoms. The van der Waals surface area contributed by atoms with Crippen molar-refractivity contribution < 1.29 is 19.4 Å². The Labute approximate surface area is 140 Å². The molecule has 0 saturated carbocycles. The summed E-state index contributed by atoms with van der Waals surface area (Å²) in [5, 5.41) is 11.4. The molecule has 126 valence electrons. The minimum Gasteiger partial charge on any atom is -0.497 e. The third-order valence-electron chi connectivity index (χ3n) is 4.86. The third-order valence-corrected chi connectivity index (χ3v) is 4.86. The lowest BCUT2D eigenvalue weighted by Crippen LogP contribution is -2.35. The van der Waals surface area contributed by atoms with Gasteiger partial charge in [-0.25, -0.2) is 0 Å². The SMILES string of the molecule is COc1ccc2cccc(CC(=O)N3CCC(C)(C(=O)O)C3)c2c1. The van der Waals surface area contributed by atoms with Crippen LogP contribution in [-0.4, -0.2) is 42.1 Å². The van der Waals surface area contributed by atoms with Crippen molar-refractivity contribution in [3.05, 3.63) is 42.0 Å². The molecule has 0 bridgehead atoms. The summed E-state index contributed by atoms with van der Waals surface area (Å²) in [5.74, 6) is -0.120. The molecule has 5 nitrogen and oxygen atoms in total. The smallest absolute Gasteiger partial charge is 0.311 e. The third kappa shape index (κ3) is 2.94. The minimum atomic E-state index is -0.840. The van der Waals surface area contributed by atoms with Crippen molar-refractivity contribution in [2.24, 2.45) is 5.41 Å². The van der Waals surface area contributed by atoms with Crippen molar-refractivity contribution in [3.63, 3.8) is 0 Å². The molecule has 2 aromatic carbocycles. The number of carboxylic acids is 1. The van der Waals surface area contributed by atoms with Gasteiger partial charge in [0.05, 0.1) is 18.9 Å². The number of nitrogens with zero attached hydrogens (tertiary/aromatic N) is 1. The van der Waals surface area contributed by atoms with Crippen LogP contribution in [0.25, 0.3) is 10.8 Å². The molecule has 1 fully saturated rings. The fourth-order valence-corrected chi connectivity index (χ4v) is 3.22. The molecule has 1 N–H and O–H groups in total. The molecule has 1 amide bonds. The van der Waals surface area contributed by atoms with Crippen LogP contribution in [0.5, 0.6) is 5.75 Å². The normalized spacial score (nSPS) is 20.3. The number of fused-ring (bicyclic) bond motifs is 1. The van der Waals surface area contributed by atoms with Crippen molar-refractivity contribution in [2.75, 3.05) is 20.2 Å². The van der Waals surface area contributed by atoms with E-state index in [-0.39, 0.29) is 18.9 Å². The largest absolute Gasteiger partial charge is 0.497 e. The monoisotopic (exact) mass is 327 g/mol. The number of likely N-dealkylation sites (tertiary alicyclic amines) is 1. The van der Waals surface area contributed by atoms with Crippen LogP contribution >= 0.6 is 0 Å². The zero-order valence-corrected chi connectivity index (χ0v) is 13.9. The number of ether oxygens (including phenoxy) is 1. The molecule has 0 radical (unpaired) electrons. The van der Waals surface area contributed by atoms with E-state index in [4.69, 9.17) is 4.74 Å². The quantitative estimate of drug-likeness (QED) is 0.937. The van der Waals surface area contributed by atoms with E-state index in [1.165, 1.54) is 0 Å². The fourth-order valence-electron chi connectivity index (χ4n) is 3.22. The second kappa shape index (κ2) is 6.15. The van der Waals surface area contributed by atoms with Gasteiger partial charge < -0.3 is 14.7 Å². The van der Waals surface area contributed by atoms with Gasteiger partial charge in [0.2, 0.25) is 5.91 Å². The van der Waals surface area contributed by atoms with Crippen LogP contribution in [0.3, 0.4) is 0 Å². The molecule has 1 aliphatic rings. The first-order chi connectivity index (χ1) is 11.4. The van der Waals surface area contributed by atoms with Crippen molar-refractivity contribution in [3.8, 4) is 5.75 Å². The van der Waals surface area contributed by atoms with E-state index in [0.717, 1.165) is 22.1 Å². The maximum atomic E-state index is 12.6. The zero-order valence-electron chi connectivity index (χ0n) is 13.9. The van der Waals surface area contributed by atoms with Gasteiger partial charge >= 0.3 is 5.97 Å². The molecule has 1 atom stereocenters. The first-order valence-electron chi connectivity index (χ1n) is 8.00. The topological polar surface area (TPSA) is 66.8 Å². The highest BCUT2D eigenvalue weighted by atomic mass is 16.5. The summed E-state index contributed by atoms with van der Waals surface area (Å²) in [5.41, 5.74) is 0.0952. The van der Waals surface area contributed by atoms with Gasteiger partial charge in [0.1, 0.15) is 5.75 Å². The molecule has 1 saturated heterocycles. The van der Waals surface area contributed by atoms with Gasteiger partial charge in [-0.3, -0.25) is 9.59 Å². The van der Waals surface area contributed by atoms with Crippen LogP contribution in [0.1, 0.15) is 18.9 Å². The van der Waals surface area contributed by atoms with Crippen LogP contribution in [0.2, 0.25) is 0 Å². The number of carbonyl (C=O) groups excluding carboxylic acids is 1. The predicted molar refractivity (Wildman–Crippen MR) is 91.1 cm³/mol. The van der Waals surface area contributed by atoms with Gasteiger partial charge in [-0.15, -0.1) is 0 Å². The molecule has 1 unspecified atom stereocenters. The van der Waals surface area contributed by atoms with E-state index in [0.29, 0.717) is 13.0 Å². The lowest BCUT2D eigenvalue weighted by atomic mass is 9.90. The predicted octanol–water partition coefficient (Wildman–Crippen LogP) is 2.71. The van der Waals surface area contributed by atoms with Crippen molar-refractivity contribution >= 4 is 22.6 Å². The van der Waals surface area contributed by atoms with Crippen LogP contribution in [0.4, 0.5) is 0 Å². The summed E-state index contributed by atoms with van der Waals surface area (Å²) in [6.45, 7) is 2.47. The maximum absolute atomic E-state index is 12.6. The van der Waals surface area contributed by atoms with Crippen LogP contribution in [0.15, 0.2) is 36.4 Å². The first kappa shape index (κ1) is 16.3. The number of carboxylic acid groups (broad SMARTS) is 1. The highest BCUT2D eigenvalue weighted by Crippen LogP contribution is 2.31. The van der Waals surface area contributed by atoms with Crippen molar-refractivity contribution in [1.29, 1.82) is 0 Å². The van der Waals surface area contributed by atoms with Crippen LogP contribution < -0.4 is 4.74 Å². The minimum absolute atomic E-state index is 0.0321. The highest BCUT2D eigenvalue weighted by Gasteiger charge is 2.41. The Kier molecular flexibility index (Phi) is 4.18. The highest BCUT2D eigenvalue weighted by molar-refractivity contribution is 5.91. The van der Waals surface area contributed by atoms with E-state index in [1.807, 2.05) is 36.4 Å². The van der Waals surface area contributed by atoms with E-state index >= 15 is 0 Å². The Balaban J connectivity index is 1.82. The second-order valence-corrected chi connectivity index (χ2v) is 6.61. The number of rotatable bonds is 4. The van der Waals surface area contributed by atoms with Crippen molar-refractivity contribution in [1.82, 2.24) is 4.90 Å². The lowest BCUT2D eigenvalue weighted by Gasteiger charge is -2.20. The van der Waals surface area contributed by atoms with Crippen LogP contribution in [0, 0.1) is 5.41 Å². The standard InChI is InChI=1S/C19H21NO4/c1-19(18(22)23)8-9-20(12-19)17(21)10-14-5-3-4-13-6-7-15(24-2)11-16(13)14/h3-7,11H,8-10,12H2,1-2H3,(H,22,23). The van der Waals surface area contributed by atoms with Gasteiger partial charge in [-0.1, -0.05) is 24.3 Å². The van der Waals surface area contributed by atoms with Gasteiger partial charge in [0, 0.05) is 13.1 Å². The summed E-state index contributed by atoms with van der Waals surface area (Å²) in [4.78, 5) is 25.6. The van der Waals surface area contributed by atoms with Gasteiger partial charge in [-0.05, 0) is 41.8 Å². The van der Waals surface area contributed by atoms with Gasteiger partial charge in [0.25, 0.3) is 0 Å². The molecule has 1 aliphatic heterocycles. The molecule has 24 heavy (non-hydrogen) atoms. The van der Waals surface area contributed by atoms with E-state index in [1.54, 1.807) is 18.9 Å². The van der Waals surface area contributed by atoms with Crippen LogP contribution in [-0.2, 0) is 16.0 Å². The van der Waals surface area contributed by atoms with E-state index < -0.39 is 11.4 Å².